The van der Waals surface area contributed by atoms with Crippen molar-refractivity contribution in [2.75, 3.05) is 0 Å². The van der Waals surface area contributed by atoms with Gasteiger partial charge in [-0.25, -0.2) is 5.48 Å². The fourth-order valence-corrected chi connectivity index (χ4v) is 2.14. The van der Waals surface area contributed by atoms with E-state index in [9.17, 15) is 19.5 Å². The maximum Gasteiger partial charge on any atom is 0.284 e. The highest BCUT2D eigenvalue weighted by Crippen LogP contribution is 2.06. The molecule has 1 aromatic carbocycles. The molecule has 6 N–H and O–H groups in total. The molecule has 1 heterocycles. The second-order valence-corrected chi connectivity index (χ2v) is 5.77. The molecule has 2 rings (SSSR count). The number of furan rings is 1. The molecule has 0 saturated heterocycles. The summed E-state index contributed by atoms with van der Waals surface area (Å²) in [7, 11) is 0. The summed E-state index contributed by atoms with van der Waals surface area (Å²) in [5.74, 6) is 8.59. The number of primary amides is 1. The molecule has 0 saturated carbocycles. The number of hydrogen-bond donors (Lipinski definition) is 5. The zero-order chi connectivity index (χ0) is 21.4. The van der Waals surface area contributed by atoms with Crippen LogP contribution < -0.4 is 16.5 Å². The van der Waals surface area contributed by atoms with Gasteiger partial charge in [0.05, 0.1) is 6.10 Å². The molecule has 0 aliphatic heterocycles. The Hall–Kier alpha value is -4.05. The smallest absolute Gasteiger partial charge is 0.284 e. The van der Waals surface area contributed by atoms with Gasteiger partial charge in [-0.1, -0.05) is 5.92 Å². The zero-order valence-corrected chi connectivity index (χ0v) is 15.2. The van der Waals surface area contributed by atoms with Crippen molar-refractivity contribution in [1.82, 2.24) is 10.8 Å². The monoisotopic (exact) mass is 395 g/mol. The fraction of sp³-hybridized carbons (Fsp3) is 0.150. The van der Waals surface area contributed by atoms with Gasteiger partial charge in [0.2, 0.25) is 0 Å². The Morgan fingerprint density at radius 1 is 1.07 bits per heavy atom. The van der Waals surface area contributed by atoms with Gasteiger partial charge >= 0.3 is 0 Å². The van der Waals surface area contributed by atoms with Crippen molar-refractivity contribution in [2.45, 2.75) is 19.1 Å². The summed E-state index contributed by atoms with van der Waals surface area (Å²) < 4.78 is 5.09. The van der Waals surface area contributed by atoms with E-state index in [2.05, 4.69) is 29.0 Å². The zero-order valence-electron chi connectivity index (χ0n) is 15.2. The summed E-state index contributed by atoms with van der Waals surface area (Å²) >= 11 is 0. The minimum Gasteiger partial charge on any atom is -0.443 e. The third kappa shape index (κ3) is 5.97. The van der Waals surface area contributed by atoms with E-state index < -0.39 is 29.9 Å². The minimum absolute atomic E-state index is 0.00502. The lowest BCUT2D eigenvalue weighted by atomic mass is 10.1. The maximum absolute atomic E-state index is 12.2. The Kier molecular flexibility index (Phi) is 7.15. The fourth-order valence-electron chi connectivity index (χ4n) is 2.14. The molecule has 0 spiro atoms. The van der Waals surface area contributed by atoms with Gasteiger partial charge in [0, 0.05) is 11.1 Å². The SMILES string of the molecule is C[C@@H](O)[C@H](NC(=O)c1ccc(C#CC#Cc2ccc(C(N)=O)o2)cc1)C(=O)NO. The summed E-state index contributed by atoms with van der Waals surface area (Å²) in [5, 5.41) is 20.5. The molecule has 0 aliphatic carbocycles. The second-order valence-electron chi connectivity index (χ2n) is 5.77. The van der Waals surface area contributed by atoms with Crippen LogP contribution in [-0.4, -0.2) is 40.2 Å². The van der Waals surface area contributed by atoms with Gasteiger partial charge in [-0.15, -0.1) is 0 Å². The lowest BCUT2D eigenvalue weighted by Crippen LogP contribution is -2.51. The van der Waals surface area contributed by atoms with E-state index in [1.165, 1.54) is 36.7 Å². The van der Waals surface area contributed by atoms with E-state index in [1.807, 2.05) is 0 Å². The highest BCUT2D eigenvalue weighted by molar-refractivity contribution is 5.97. The van der Waals surface area contributed by atoms with Crippen LogP contribution in [0, 0.1) is 23.7 Å². The van der Waals surface area contributed by atoms with Gasteiger partial charge in [0.15, 0.2) is 11.5 Å². The van der Waals surface area contributed by atoms with Crippen molar-refractivity contribution in [1.29, 1.82) is 0 Å². The molecule has 9 nitrogen and oxygen atoms in total. The molecule has 2 aromatic rings. The molecule has 0 radical (unpaired) electrons. The van der Waals surface area contributed by atoms with Crippen molar-refractivity contribution >= 4 is 17.7 Å². The van der Waals surface area contributed by atoms with Gasteiger partial charge in [0.25, 0.3) is 17.7 Å². The molecule has 0 unspecified atom stereocenters. The van der Waals surface area contributed by atoms with Crippen molar-refractivity contribution in [2.24, 2.45) is 5.73 Å². The topological polar surface area (TPSA) is 155 Å². The molecule has 0 fully saturated rings. The molecule has 29 heavy (non-hydrogen) atoms. The van der Waals surface area contributed by atoms with Crippen LogP contribution in [0.1, 0.15) is 39.2 Å². The predicted molar refractivity (Wildman–Crippen MR) is 100 cm³/mol. The van der Waals surface area contributed by atoms with Crippen LogP contribution in [0.15, 0.2) is 40.8 Å². The molecular weight excluding hydrogens is 378 g/mol. The normalized spacial score (nSPS) is 11.7. The number of carbonyl (C=O) groups excluding carboxylic acids is 3. The van der Waals surface area contributed by atoms with Crippen molar-refractivity contribution in [3.63, 3.8) is 0 Å². The average molecular weight is 395 g/mol. The Morgan fingerprint density at radius 2 is 1.72 bits per heavy atom. The van der Waals surface area contributed by atoms with Crippen LogP contribution in [0.25, 0.3) is 0 Å². The number of benzene rings is 1. The highest BCUT2D eigenvalue weighted by Gasteiger charge is 2.25. The lowest BCUT2D eigenvalue weighted by molar-refractivity contribution is -0.133. The van der Waals surface area contributed by atoms with E-state index in [1.54, 1.807) is 12.1 Å². The number of amides is 3. The summed E-state index contributed by atoms with van der Waals surface area (Å²) in [5.41, 5.74) is 7.27. The number of aliphatic hydroxyl groups excluding tert-OH is 1. The van der Waals surface area contributed by atoms with E-state index in [4.69, 9.17) is 15.4 Å². The summed E-state index contributed by atoms with van der Waals surface area (Å²) in [6.45, 7) is 1.30. The van der Waals surface area contributed by atoms with Crippen LogP contribution in [0.3, 0.4) is 0 Å². The van der Waals surface area contributed by atoms with E-state index in [-0.39, 0.29) is 17.1 Å². The van der Waals surface area contributed by atoms with Crippen LogP contribution >= 0.6 is 0 Å². The number of hydroxylamine groups is 1. The van der Waals surface area contributed by atoms with Crippen molar-refractivity contribution < 1.29 is 29.1 Å². The number of rotatable bonds is 5. The molecule has 148 valence electrons. The average Bonchev–Trinajstić information content (AvgIpc) is 3.18. The number of nitrogens with one attached hydrogen (secondary N) is 2. The molecular formula is C20H17N3O6. The van der Waals surface area contributed by atoms with Gasteiger partial charge in [0.1, 0.15) is 6.04 Å². The first-order valence-corrected chi connectivity index (χ1v) is 8.26. The summed E-state index contributed by atoms with van der Waals surface area (Å²) in [6, 6.07) is 7.72. The Morgan fingerprint density at radius 3 is 2.28 bits per heavy atom. The predicted octanol–water partition coefficient (Wildman–Crippen LogP) is -0.234. The van der Waals surface area contributed by atoms with Crippen molar-refractivity contribution in [3.05, 3.63) is 59.0 Å². The van der Waals surface area contributed by atoms with Crippen LogP contribution in [0.5, 0.6) is 0 Å². The van der Waals surface area contributed by atoms with E-state index in [0.29, 0.717) is 5.56 Å². The van der Waals surface area contributed by atoms with Crippen LogP contribution in [0.4, 0.5) is 0 Å². The first kappa shape index (κ1) is 21.3. The second kappa shape index (κ2) is 9.76. The first-order valence-electron chi connectivity index (χ1n) is 8.26. The van der Waals surface area contributed by atoms with Crippen LogP contribution in [-0.2, 0) is 4.79 Å². The summed E-state index contributed by atoms with van der Waals surface area (Å²) in [6.07, 6.45) is -1.21. The number of nitrogens with two attached hydrogens (primary N) is 1. The molecule has 0 aliphatic rings. The Balaban J connectivity index is 2.03. The maximum atomic E-state index is 12.2. The number of hydrogen-bond acceptors (Lipinski definition) is 6. The molecule has 9 heteroatoms. The minimum atomic E-state index is -1.31. The number of aliphatic hydroxyl groups is 1. The molecule has 2 atom stereocenters. The Labute approximate surface area is 165 Å². The molecule has 1 aromatic heterocycles. The Bertz CT molecular complexity index is 1030. The molecule has 0 bridgehead atoms. The van der Waals surface area contributed by atoms with E-state index in [0.717, 1.165) is 0 Å². The van der Waals surface area contributed by atoms with Gasteiger partial charge < -0.3 is 20.6 Å². The highest BCUT2D eigenvalue weighted by atomic mass is 16.5. The van der Waals surface area contributed by atoms with Gasteiger partial charge in [-0.2, -0.15) is 0 Å². The quantitative estimate of drug-likeness (QED) is 0.267. The lowest BCUT2D eigenvalue weighted by Gasteiger charge is -2.19. The molecule has 3 amide bonds. The largest absolute Gasteiger partial charge is 0.443 e. The first-order chi connectivity index (χ1) is 13.8. The van der Waals surface area contributed by atoms with E-state index >= 15 is 0 Å². The number of carbonyl (C=O) groups is 3. The van der Waals surface area contributed by atoms with Crippen LogP contribution in [0.2, 0.25) is 0 Å². The van der Waals surface area contributed by atoms with Gasteiger partial charge in [-0.3, -0.25) is 19.6 Å². The summed E-state index contributed by atoms with van der Waals surface area (Å²) in [4.78, 5) is 34.6. The van der Waals surface area contributed by atoms with Gasteiger partial charge in [-0.05, 0) is 61.1 Å². The third-order valence-electron chi connectivity index (χ3n) is 3.61. The third-order valence-corrected chi connectivity index (χ3v) is 3.61. The standard InChI is InChI=1S/C20H17N3O6/c1-12(24)17(20(27)23-28)22-19(26)14-8-6-13(7-9-14)4-2-3-5-15-10-11-16(29-15)18(21)25/h6-12,17,24,28H,1H3,(H2,21,25)(H,22,26)(H,23,27)/t12-,17+/m1/s1. The van der Waals surface area contributed by atoms with Crippen molar-refractivity contribution in [3.8, 4) is 23.7 Å².